The number of hydrogen-bond acceptors (Lipinski definition) is 3. The third-order valence-corrected chi connectivity index (χ3v) is 3.93. The van der Waals surface area contributed by atoms with Crippen molar-refractivity contribution in [2.24, 2.45) is 0 Å². The van der Waals surface area contributed by atoms with Gasteiger partial charge in [-0.2, -0.15) is 0 Å². The highest BCUT2D eigenvalue weighted by atomic mass is 35.5. The molecular formula is C16H23ClN2O2. The van der Waals surface area contributed by atoms with Crippen molar-refractivity contribution in [1.82, 2.24) is 10.2 Å². The Morgan fingerprint density at radius 2 is 2.19 bits per heavy atom. The van der Waals surface area contributed by atoms with Gasteiger partial charge in [0.1, 0.15) is 6.61 Å². The van der Waals surface area contributed by atoms with Gasteiger partial charge < -0.3 is 15.0 Å². The highest BCUT2D eigenvalue weighted by Gasteiger charge is 2.25. The van der Waals surface area contributed by atoms with E-state index >= 15 is 0 Å². The first-order valence-electron chi connectivity index (χ1n) is 7.59. The van der Waals surface area contributed by atoms with E-state index in [1.54, 1.807) is 0 Å². The monoisotopic (exact) mass is 310 g/mol. The minimum atomic E-state index is -0.219. The second-order valence-corrected chi connectivity index (χ2v) is 5.80. The van der Waals surface area contributed by atoms with Crippen molar-refractivity contribution in [3.63, 3.8) is 0 Å². The van der Waals surface area contributed by atoms with Gasteiger partial charge in [-0.05, 0) is 50.0 Å². The minimum absolute atomic E-state index is 0.219. The number of benzene rings is 1. The number of nitrogens with one attached hydrogen (secondary N) is 1. The predicted molar refractivity (Wildman–Crippen MR) is 84.5 cm³/mol. The molecule has 1 aliphatic rings. The topological polar surface area (TPSA) is 41.6 Å². The Morgan fingerprint density at radius 3 is 2.86 bits per heavy atom. The Morgan fingerprint density at radius 1 is 1.43 bits per heavy atom. The van der Waals surface area contributed by atoms with Gasteiger partial charge in [-0.15, -0.1) is 0 Å². The number of piperidine rings is 1. The average molecular weight is 311 g/mol. The van der Waals surface area contributed by atoms with E-state index in [4.69, 9.17) is 16.3 Å². The van der Waals surface area contributed by atoms with Crippen LogP contribution in [0.25, 0.3) is 0 Å². The third-order valence-electron chi connectivity index (χ3n) is 3.70. The van der Waals surface area contributed by atoms with Crippen molar-refractivity contribution < 1.29 is 9.53 Å². The Kier molecular flexibility index (Phi) is 6.33. The molecule has 1 saturated heterocycles. The molecule has 1 aromatic carbocycles. The molecule has 1 amide bonds. The SMILES string of the molecule is CCCN(C(=O)OCc1cccc(Cl)c1)C1CCNCC1. The predicted octanol–water partition coefficient (Wildman–Crippen LogP) is 3.44. The largest absolute Gasteiger partial charge is 0.445 e. The van der Waals surface area contributed by atoms with Crippen LogP contribution in [-0.2, 0) is 11.3 Å². The van der Waals surface area contributed by atoms with Gasteiger partial charge in [0.25, 0.3) is 0 Å². The summed E-state index contributed by atoms with van der Waals surface area (Å²) in [6, 6.07) is 7.70. The van der Waals surface area contributed by atoms with Crippen molar-refractivity contribution >= 4 is 17.7 Å². The highest BCUT2D eigenvalue weighted by molar-refractivity contribution is 6.30. The molecule has 0 spiro atoms. The fourth-order valence-corrected chi connectivity index (χ4v) is 2.85. The van der Waals surface area contributed by atoms with Gasteiger partial charge in [0.05, 0.1) is 0 Å². The maximum atomic E-state index is 12.3. The molecule has 116 valence electrons. The highest BCUT2D eigenvalue weighted by Crippen LogP contribution is 2.16. The molecule has 5 heteroatoms. The summed E-state index contributed by atoms with van der Waals surface area (Å²) in [5, 5.41) is 3.98. The van der Waals surface area contributed by atoms with E-state index in [-0.39, 0.29) is 18.7 Å². The van der Waals surface area contributed by atoms with Crippen molar-refractivity contribution in [2.45, 2.75) is 38.8 Å². The molecule has 1 heterocycles. The summed E-state index contributed by atoms with van der Waals surface area (Å²) in [6.07, 6.45) is 2.71. The zero-order valence-electron chi connectivity index (χ0n) is 12.5. The van der Waals surface area contributed by atoms with Crippen LogP contribution in [0, 0.1) is 0 Å². The number of halogens is 1. The van der Waals surface area contributed by atoms with Gasteiger partial charge in [0, 0.05) is 17.6 Å². The molecule has 0 unspecified atom stereocenters. The smallest absolute Gasteiger partial charge is 0.410 e. The van der Waals surface area contributed by atoms with Crippen molar-refractivity contribution in [3.8, 4) is 0 Å². The molecule has 0 bridgehead atoms. The normalized spacial score (nSPS) is 15.7. The van der Waals surface area contributed by atoms with E-state index < -0.39 is 0 Å². The van der Waals surface area contributed by atoms with Gasteiger partial charge in [-0.25, -0.2) is 4.79 Å². The standard InChI is InChI=1S/C16H23ClN2O2/c1-2-10-19(15-6-8-18-9-7-15)16(20)21-12-13-4-3-5-14(17)11-13/h3-5,11,15,18H,2,6-10,12H2,1H3. The van der Waals surface area contributed by atoms with Crippen LogP contribution in [0.3, 0.4) is 0 Å². The summed E-state index contributed by atoms with van der Waals surface area (Å²) in [6.45, 7) is 5.03. The maximum absolute atomic E-state index is 12.3. The lowest BCUT2D eigenvalue weighted by atomic mass is 10.1. The second kappa shape index (κ2) is 8.25. The van der Waals surface area contributed by atoms with Crippen LogP contribution in [0.2, 0.25) is 5.02 Å². The van der Waals surface area contributed by atoms with Crippen LogP contribution in [0.5, 0.6) is 0 Å². The van der Waals surface area contributed by atoms with Crippen molar-refractivity contribution in [3.05, 3.63) is 34.9 Å². The van der Waals surface area contributed by atoms with Gasteiger partial charge in [-0.1, -0.05) is 30.7 Å². The van der Waals surface area contributed by atoms with Gasteiger partial charge in [-0.3, -0.25) is 0 Å². The van der Waals surface area contributed by atoms with Crippen LogP contribution in [-0.4, -0.2) is 36.7 Å². The number of nitrogens with zero attached hydrogens (tertiary/aromatic N) is 1. The summed E-state index contributed by atoms with van der Waals surface area (Å²) in [4.78, 5) is 14.2. The average Bonchev–Trinajstić information content (AvgIpc) is 2.51. The van der Waals surface area contributed by atoms with Gasteiger partial charge >= 0.3 is 6.09 Å². The first-order chi connectivity index (χ1) is 10.2. The number of carbonyl (C=O) groups is 1. The molecule has 1 fully saturated rings. The molecule has 1 aliphatic heterocycles. The molecule has 0 aromatic heterocycles. The second-order valence-electron chi connectivity index (χ2n) is 5.36. The van der Waals surface area contributed by atoms with Crippen molar-refractivity contribution in [1.29, 1.82) is 0 Å². The zero-order valence-corrected chi connectivity index (χ0v) is 13.2. The molecule has 0 aliphatic carbocycles. The van der Waals surface area contributed by atoms with Crippen LogP contribution in [0.15, 0.2) is 24.3 Å². The maximum Gasteiger partial charge on any atom is 0.410 e. The van der Waals surface area contributed by atoms with Crippen LogP contribution in [0.1, 0.15) is 31.7 Å². The molecule has 0 atom stereocenters. The number of amides is 1. The van der Waals surface area contributed by atoms with Gasteiger partial charge in [0.2, 0.25) is 0 Å². The number of ether oxygens (including phenoxy) is 1. The summed E-state index contributed by atoms with van der Waals surface area (Å²) in [5.74, 6) is 0. The van der Waals surface area contributed by atoms with E-state index in [2.05, 4.69) is 12.2 Å². The van der Waals surface area contributed by atoms with E-state index in [1.165, 1.54) is 0 Å². The molecular weight excluding hydrogens is 288 g/mol. The number of hydrogen-bond donors (Lipinski definition) is 1. The Bertz CT molecular complexity index is 461. The lowest BCUT2D eigenvalue weighted by Gasteiger charge is -2.33. The van der Waals surface area contributed by atoms with Crippen molar-refractivity contribution in [2.75, 3.05) is 19.6 Å². The van der Waals surface area contributed by atoms with Crippen LogP contribution in [0.4, 0.5) is 4.79 Å². The Hall–Kier alpha value is -1.26. The van der Waals surface area contributed by atoms with E-state index in [9.17, 15) is 4.79 Å². The summed E-state index contributed by atoms with van der Waals surface area (Å²) < 4.78 is 5.46. The molecule has 1 N–H and O–H groups in total. The first kappa shape index (κ1) is 16.1. The molecule has 0 radical (unpaired) electrons. The summed E-state index contributed by atoms with van der Waals surface area (Å²) in [7, 11) is 0. The lowest BCUT2D eigenvalue weighted by molar-refractivity contribution is 0.0734. The Labute approximate surface area is 131 Å². The fourth-order valence-electron chi connectivity index (χ4n) is 2.64. The summed E-state index contributed by atoms with van der Waals surface area (Å²) >= 11 is 5.94. The lowest BCUT2D eigenvalue weighted by Crippen LogP contribution is -2.46. The van der Waals surface area contributed by atoms with E-state index in [0.29, 0.717) is 5.02 Å². The molecule has 1 aromatic rings. The fraction of sp³-hybridized carbons (Fsp3) is 0.562. The molecule has 0 saturated carbocycles. The quantitative estimate of drug-likeness (QED) is 0.906. The van der Waals surface area contributed by atoms with Crippen LogP contribution < -0.4 is 5.32 Å². The van der Waals surface area contributed by atoms with Crippen LogP contribution >= 0.6 is 11.6 Å². The minimum Gasteiger partial charge on any atom is -0.445 e. The van der Waals surface area contributed by atoms with Gasteiger partial charge in [0.15, 0.2) is 0 Å². The zero-order chi connectivity index (χ0) is 15.1. The van der Waals surface area contributed by atoms with E-state index in [0.717, 1.165) is 44.5 Å². The molecule has 21 heavy (non-hydrogen) atoms. The number of rotatable bonds is 5. The van der Waals surface area contributed by atoms with E-state index in [1.807, 2.05) is 29.2 Å². The summed E-state index contributed by atoms with van der Waals surface area (Å²) in [5.41, 5.74) is 0.914. The Balaban J connectivity index is 1.91. The molecule has 4 nitrogen and oxygen atoms in total. The first-order valence-corrected chi connectivity index (χ1v) is 7.97. The molecule has 2 rings (SSSR count). The number of carbonyl (C=O) groups excluding carboxylic acids is 1. The third kappa shape index (κ3) is 4.90.